The number of aliphatic hydroxyl groups is 1. The van der Waals surface area contributed by atoms with Gasteiger partial charge in [-0.05, 0) is 55.0 Å². The number of nitrogens with zero attached hydrogens (tertiary/aromatic N) is 1. The average Bonchev–Trinajstić information content (AvgIpc) is 3.63. The fourth-order valence-corrected chi connectivity index (χ4v) is 5.52. The van der Waals surface area contributed by atoms with E-state index in [-0.39, 0.29) is 30.3 Å². The van der Waals surface area contributed by atoms with Gasteiger partial charge in [-0.1, -0.05) is 44.2 Å². The number of carbonyl (C=O) groups is 2. The highest BCUT2D eigenvalue weighted by molar-refractivity contribution is 7.89. The van der Waals surface area contributed by atoms with Crippen molar-refractivity contribution in [3.63, 3.8) is 0 Å². The fourth-order valence-electron chi connectivity index (χ4n) is 4.04. The Morgan fingerprint density at radius 1 is 1.11 bits per heavy atom. The lowest BCUT2D eigenvalue weighted by atomic mass is 10.0. The zero-order valence-electron chi connectivity index (χ0n) is 20.5. The molecule has 1 saturated carbocycles. The molecule has 1 fully saturated rings. The Balaban J connectivity index is 1.83. The van der Waals surface area contributed by atoms with E-state index in [4.69, 9.17) is 5.73 Å². The van der Waals surface area contributed by atoms with Gasteiger partial charge >= 0.3 is 0 Å². The highest BCUT2D eigenvalue weighted by Gasteiger charge is 2.47. The van der Waals surface area contributed by atoms with Gasteiger partial charge in [0.1, 0.15) is 5.82 Å². The van der Waals surface area contributed by atoms with E-state index in [0.717, 1.165) is 17.7 Å². The summed E-state index contributed by atoms with van der Waals surface area (Å²) in [5.41, 5.74) is 6.16. The highest BCUT2D eigenvalue weighted by atomic mass is 32.2. The van der Waals surface area contributed by atoms with Crippen molar-refractivity contribution in [2.75, 3.05) is 13.1 Å². The lowest BCUT2D eigenvalue weighted by Crippen LogP contribution is -2.51. The Labute approximate surface area is 211 Å². The first-order chi connectivity index (χ1) is 17.0. The first-order valence-electron chi connectivity index (χ1n) is 12.1. The topological polar surface area (TPSA) is 130 Å². The van der Waals surface area contributed by atoms with Crippen LogP contribution in [-0.2, 0) is 26.0 Å². The summed E-state index contributed by atoms with van der Waals surface area (Å²) in [6, 6.07) is 12.9. The SMILES string of the molecule is CC(C)CCN(C[C@@H](O)[C@H](Cc1ccccc1)NC(=O)C1CC1C(N)=O)S(=O)(=O)c1ccc(F)cc1. The largest absolute Gasteiger partial charge is 0.390 e. The van der Waals surface area contributed by atoms with E-state index in [0.29, 0.717) is 12.8 Å². The van der Waals surface area contributed by atoms with E-state index in [2.05, 4.69) is 5.32 Å². The second-order valence-corrected chi connectivity index (χ2v) is 11.7. The molecule has 10 heteroatoms. The molecule has 0 aliphatic heterocycles. The van der Waals surface area contributed by atoms with Crippen LogP contribution in [0.25, 0.3) is 0 Å². The lowest BCUT2D eigenvalue weighted by Gasteiger charge is -2.30. The van der Waals surface area contributed by atoms with Gasteiger partial charge in [-0.2, -0.15) is 4.31 Å². The van der Waals surface area contributed by atoms with E-state index < -0.39 is 51.6 Å². The zero-order valence-corrected chi connectivity index (χ0v) is 21.3. The van der Waals surface area contributed by atoms with Crippen LogP contribution in [0.1, 0.15) is 32.3 Å². The van der Waals surface area contributed by atoms with Crippen molar-refractivity contribution >= 4 is 21.8 Å². The minimum atomic E-state index is -4.03. The number of carbonyl (C=O) groups excluding carboxylic acids is 2. The van der Waals surface area contributed by atoms with E-state index in [9.17, 15) is 27.5 Å². The minimum absolute atomic E-state index is 0.0780. The molecule has 0 heterocycles. The van der Waals surface area contributed by atoms with E-state index in [1.54, 1.807) is 0 Å². The molecular formula is C26H34FN3O5S. The number of aliphatic hydroxyl groups excluding tert-OH is 1. The van der Waals surface area contributed by atoms with Gasteiger partial charge in [0.2, 0.25) is 21.8 Å². The number of halogens is 1. The summed E-state index contributed by atoms with van der Waals surface area (Å²) in [5, 5.41) is 14.0. The molecule has 0 bridgehead atoms. The van der Waals surface area contributed by atoms with Gasteiger partial charge in [-0.3, -0.25) is 9.59 Å². The van der Waals surface area contributed by atoms with Crippen molar-refractivity contribution < 1.29 is 27.5 Å². The minimum Gasteiger partial charge on any atom is -0.390 e. The Morgan fingerprint density at radius 3 is 2.31 bits per heavy atom. The summed E-state index contributed by atoms with van der Waals surface area (Å²) in [6.07, 6.45) is -0.0848. The number of sulfonamides is 1. The predicted octanol–water partition coefficient (Wildman–Crippen LogP) is 2.07. The van der Waals surface area contributed by atoms with Crippen molar-refractivity contribution in [3.8, 4) is 0 Å². The molecule has 4 atom stereocenters. The van der Waals surface area contributed by atoms with Gasteiger partial charge < -0.3 is 16.2 Å². The van der Waals surface area contributed by atoms with Gasteiger partial charge in [-0.15, -0.1) is 0 Å². The molecule has 1 aliphatic carbocycles. The fraction of sp³-hybridized carbons (Fsp3) is 0.462. The maximum absolute atomic E-state index is 13.4. The first-order valence-corrected chi connectivity index (χ1v) is 13.5. The van der Waals surface area contributed by atoms with E-state index >= 15 is 0 Å². The summed E-state index contributed by atoms with van der Waals surface area (Å²) in [7, 11) is -4.03. The third kappa shape index (κ3) is 7.35. The summed E-state index contributed by atoms with van der Waals surface area (Å²) in [4.78, 5) is 24.1. The predicted molar refractivity (Wildman–Crippen MR) is 133 cm³/mol. The second kappa shape index (κ2) is 11.9. The van der Waals surface area contributed by atoms with Crippen molar-refractivity contribution in [1.82, 2.24) is 9.62 Å². The molecule has 8 nitrogen and oxygen atoms in total. The number of nitrogens with one attached hydrogen (secondary N) is 1. The van der Waals surface area contributed by atoms with Crippen LogP contribution < -0.4 is 11.1 Å². The molecule has 0 radical (unpaired) electrons. The Morgan fingerprint density at radius 2 is 1.75 bits per heavy atom. The molecule has 2 unspecified atom stereocenters. The third-order valence-electron chi connectivity index (χ3n) is 6.38. The molecule has 2 amide bonds. The zero-order chi connectivity index (χ0) is 26.5. The van der Waals surface area contributed by atoms with Crippen LogP contribution in [0.4, 0.5) is 4.39 Å². The van der Waals surface area contributed by atoms with E-state index in [1.807, 2.05) is 44.2 Å². The molecule has 0 spiro atoms. The highest BCUT2D eigenvalue weighted by Crippen LogP contribution is 2.38. The molecular weight excluding hydrogens is 485 g/mol. The van der Waals surface area contributed by atoms with E-state index in [1.165, 1.54) is 16.4 Å². The smallest absolute Gasteiger partial charge is 0.243 e. The first kappa shape index (κ1) is 27.8. The number of rotatable bonds is 13. The van der Waals surface area contributed by atoms with Crippen molar-refractivity contribution in [1.29, 1.82) is 0 Å². The Hall–Kier alpha value is -2.82. The molecule has 4 N–H and O–H groups in total. The van der Waals surface area contributed by atoms with Gasteiger partial charge in [0.25, 0.3) is 0 Å². The van der Waals surface area contributed by atoms with Crippen LogP contribution in [0.2, 0.25) is 0 Å². The third-order valence-corrected chi connectivity index (χ3v) is 8.26. The number of primary amides is 1. The number of nitrogens with two attached hydrogens (primary N) is 1. The summed E-state index contributed by atoms with van der Waals surface area (Å²) < 4.78 is 41.4. The van der Waals surface area contributed by atoms with Crippen LogP contribution in [0.5, 0.6) is 0 Å². The Bertz CT molecular complexity index is 1140. The maximum atomic E-state index is 13.4. The molecule has 1 aliphatic rings. The molecule has 196 valence electrons. The van der Waals surface area contributed by atoms with Gasteiger partial charge in [-0.25, -0.2) is 12.8 Å². The van der Waals surface area contributed by atoms with Gasteiger partial charge in [0.15, 0.2) is 0 Å². The van der Waals surface area contributed by atoms with Crippen LogP contribution in [0, 0.1) is 23.6 Å². The molecule has 0 aromatic heterocycles. The van der Waals surface area contributed by atoms with Crippen molar-refractivity contribution in [2.24, 2.45) is 23.5 Å². The standard InChI is InChI=1S/C26H34FN3O5S/c1-17(2)12-13-30(36(34,35)20-10-8-19(27)9-11-20)16-24(31)23(14-18-6-4-3-5-7-18)29-26(33)22-15-21(22)25(28)32/h3-11,17,21-24,31H,12-16H2,1-2H3,(H2,28,32)(H,29,33)/t21?,22?,23-,24+/m0/s1. The molecule has 2 aromatic carbocycles. The normalized spacial score (nSPS) is 19.2. The number of amides is 2. The maximum Gasteiger partial charge on any atom is 0.243 e. The van der Waals surface area contributed by atoms with Crippen LogP contribution >= 0.6 is 0 Å². The molecule has 3 rings (SSSR count). The Kier molecular flexibility index (Phi) is 9.21. The summed E-state index contributed by atoms with van der Waals surface area (Å²) >= 11 is 0. The lowest BCUT2D eigenvalue weighted by molar-refractivity contribution is -0.127. The summed E-state index contributed by atoms with van der Waals surface area (Å²) in [5.74, 6) is -2.36. The number of hydrogen-bond donors (Lipinski definition) is 3. The monoisotopic (exact) mass is 519 g/mol. The quantitative estimate of drug-likeness (QED) is 0.373. The van der Waals surface area contributed by atoms with Crippen LogP contribution in [-0.4, -0.2) is 54.9 Å². The molecule has 36 heavy (non-hydrogen) atoms. The molecule has 0 saturated heterocycles. The number of benzene rings is 2. The van der Waals surface area contributed by atoms with Crippen LogP contribution in [0.15, 0.2) is 59.5 Å². The van der Waals surface area contributed by atoms with Gasteiger partial charge in [0.05, 0.1) is 28.9 Å². The van der Waals surface area contributed by atoms with Gasteiger partial charge in [0, 0.05) is 13.1 Å². The molecule has 2 aromatic rings. The second-order valence-electron chi connectivity index (χ2n) is 9.72. The summed E-state index contributed by atoms with van der Waals surface area (Å²) in [6.45, 7) is 3.80. The van der Waals surface area contributed by atoms with Crippen molar-refractivity contribution in [3.05, 3.63) is 66.0 Å². The average molecular weight is 520 g/mol. The van der Waals surface area contributed by atoms with Crippen molar-refractivity contribution in [2.45, 2.75) is 50.2 Å². The number of hydrogen-bond acceptors (Lipinski definition) is 5. The van der Waals surface area contributed by atoms with Crippen LogP contribution in [0.3, 0.4) is 0 Å².